The zero-order chi connectivity index (χ0) is 15.1. The van der Waals surface area contributed by atoms with Crippen LogP contribution < -0.4 is 9.47 Å². The third-order valence-electron chi connectivity index (χ3n) is 2.91. The lowest BCUT2D eigenvalue weighted by Gasteiger charge is -2.10. The zero-order valence-corrected chi connectivity index (χ0v) is 12.0. The summed E-state index contributed by atoms with van der Waals surface area (Å²) in [7, 11) is 1.59. The summed E-state index contributed by atoms with van der Waals surface area (Å²) in [5.41, 5.74) is 2.28. The molecule has 0 aliphatic rings. The maximum absolute atomic E-state index is 9.38. The number of methoxy groups -OCH3 is 1. The largest absolute Gasteiger partial charge is 0.493 e. The molecule has 0 unspecified atom stereocenters. The van der Waals surface area contributed by atoms with Gasteiger partial charge in [0.1, 0.15) is 0 Å². The van der Waals surface area contributed by atoms with Crippen LogP contribution in [0.3, 0.4) is 0 Å². The van der Waals surface area contributed by atoms with Crippen LogP contribution in [0.4, 0.5) is 0 Å². The SMILES string of the molecule is CCOc1cc(/C(C#N)=C/c2ccncc2)ccc1OC. The molecule has 21 heavy (non-hydrogen) atoms. The van der Waals surface area contributed by atoms with Crippen molar-refractivity contribution in [1.29, 1.82) is 5.26 Å². The second-order valence-corrected chi connectivity index (χ2v) is 4.25. The van der Waals surface area contributed by atoms with E-state index in [4.69, 9.17) is 9.47 Å². The Kier molecular flexibility index (Phi) is 4.94. The van der Waals surface area contributed by atoms with Crippen LogP contribution >= 0.6 is 0 Å². The number of nitriles is 1. The number of allylic oxidation sites excluding steroid dienone is 1. The fourth-order valence-corrected chi connectivity index (χ4v) is 1.92. The molecular weight excluding hydrogens is 264 g/mol. The number of nitrogens with zero attached hydrogens (tertiary/aromatic N) is 2. The molecule has 0 bridgehead atoms. The zero-order valence-electron chi connectivity index (χ0n) is 12.0. The van der Waals surface area contributed by atoms with Gasteiger partial charge in [0.15, 0.2) is 11.5 Å². The average molecular weight is 280 g/mol. The second kappa shape index (κ2) is 7.11. The van der Waals surface area contributed by atoms with Crippen LogP contribution in [0.15, 0.2) is 42.7 Å². The number of ether oxygens (including phenoxy) is 2. The smallest absolute Gasteiger partial charge is 0.161 e. The summed E-state index contributed by atoms with van der Waals surface area (Å²) in [6.07, 6.45) is 5.21. The summed E-state index contributed by atoms with van der Waals surface area (Å²) in [6, 6.07) is 11.4. The lowest BCUT2D eigenvalue weighted by molar-refractivity contribution is 0.311. The highest BCUT2D eigenvalue weighted by atomic mass is 16.5. The number of hydrogen-bond donors (Lipinski definition) is 0. The van der Waals surface area contributed by atoms with Gasteiger partial charge in [-0.25, -0.2) is 0 Å². The first-order chi connectivity index (χ1) is 10.3. The van der Waals surface area contributed by atoms with E-state index in [1.54, 1.807) is 25.6 Å². The van der Waals surface area contributed by atoms with Crippen molar-refractivity contribution >= 4 is 11.6 Å². The Balaban J connectivity index is 2.41. The van der Waals surface area contributed by atoms with Gasteiger partial charge in [0.05, 0.1) is 25.4 Å². The lowest BCUT2D eigenvalue weighted by Crippen LogP contribution is -1.96. The lowest BCUT2D eigenvalue weighted by atomic mass is 10.0. The van der Waals surface area contributed by atoms with Crippen molar-refractivity contribution in [1.82, 2.24) is 4.98 Å². The maximum Gasteiger partial charge on any atom is 0.161 e. The monoisotopic (exact) mass is 280 g/mol. The van der Waals surface area contributed by atoms with Crippen molar-refractivity contribution in [3.63, 3.8) is 0 Å². The fourth-order valence-electron chi connectivity index (χ4n) is 1.92. The van der Waals surface area contributed by atoms with Crippen LogP contribution in [-0.2, 0) is 0 Å². The normalized spacial score (nSPS) is 10.8. The van der Waals surface area contributed by atoms with E-state index in [9.17, 15) is 5.26 Å². The van der Waals surface area contributed by atoms with Crippen LogP contribution in [0.2, 0.25) is 0 Å². The molecule has 0 N–H and O–H groups in total. The van der Waals surface area contributed by atoms with Crippen LogP contribution in [0.5, 0.6) is 11.5 Å². The Bertz CT molecular complexity index is 673. The van der Waals surface area contributed by atoms with E-state index < -0.39 is 0 Å². The van der Waals surface area contributed by atoms with Crippen LogP contribution in [-0.4, -0.2) is 18.7 Å². The first kappa shape index (κ1) is 14.6. The van der Waals surface area contributed by atoms with Crippen molar-refractivity contribution in [3.05, 3.63) is 53.9 Å². The van der Waals surface area contributed by atoms with Gasteiger partial charge < -0.3 is 9.47 Å². The molecule has 4 nitrogen and oxygen atoms in total. The van der Waals surface area contributed by atoms with Gasteiger partial charge >= 0.3 is 0 Å². The molecule has 2 rings (SSSR count). The molecule has 0 saturated carbocycles. The van der Waals surface area contributed by atoms with Crippen molar-refractivity contribution in [2.45, 2.75) is 6.92 Å². The summed E-state index contributed by atoms with van der Waals surface area (Å²) in [4.78, 5) is 3.96. The minimum absolute atomic E-state index is 0.537. The van der Waals surface area contributed by atoms with Gasteiger partial charge in [-0.3, -0.25) is 4.98 Å². The number of pyridine rings is 1. The molecule has 0 fully saturated rings. The highest BCUT2D eigenvalue weighted by Crippen LogP contribution is 2.31. The molecule has 1 heterocycles. The fraction of sp³-hybridized carbons (Fsp3) is 0.176. The molecule has 0 amide bonds. The molecule has 0 aliphatic carbocycles. The Labute approximate surface area is 124 Å². The van der Waals surface area contributed by atoms with Crippen LogP contribution in [0, 0.1) is 11.3 Å². The molecule has 0 atom stereocenters. The summed E-state index contributed by atoms with van der Waals surface area (Å²) < 4.78 is 10.8. The van der Waals surface area contributed by atoms with E-state index in [2.05, 4.69) is 11.1 Å². The van der Waals surface area contributed by atoms with Gasteiger partial charge in [-0.2, -0.15) is 5.26 Å². The van der Waals surface area contributed by atoms with Crippen molar-refractivity contribution in [2.75, 3.05) is 13.7 Å². The number of hydrogen-bond acceptors (Lipinski definition) is 4. The topological polar surface area (TPSA) is 55.1 Å². The Morgan fingerprint density at radius 3 is 2.62 bits per heavy atom. The van der Waals surface area contributed by atoms with Gasteiger partial charge in [-0.15, -0.1) is 0 Å². The van der Waals surface area contributed by atoms with Crippen molar-refractivity contribution < 1.29 is 9.47 Å². The summed E-state index contributed by atoms with van der Waals surface area (Å²) >= 11 is 0. The minimum atomic E-state index is 0.537. The highest BCUT2D eigenvalue weighted by Gasteiger charge is 2.08. The molecule has 106 valence electrons. The summed E-state index contributed by atoms with van der Waals surface area (Å²) in [5, 5.41) is 9.38. The Morgan fingerprint density at radius 2 is 2.00 bits per heavy atom. The molecule has 4 heteroatoms. The van der Waals surface area contributed by atoms with E-state index in [0.29, 0.717) is 23.7 Å². The molecule has 1 aromatic carbocycles. The Morgan fingerprint density at radius 1 is 1.24 bits per heavy atom. The predicted octanol–water partition coefficient (Wildman–Crippen LogP) is 3.55. The van der Waals surface area contributed by atoms with E-state index in [-0.39, 0.29) is 0 Å². The highest BCUT2D eigenvalue weighted by molar-refractivity contribution is 5.90. The third-order valence-corrected chi connectivity index (χ3v) is 2.91. The standard InChI is InChI=1S/C17H16N2O2/c1-3-21-17-11-14(4-5-16(17)20-2)15(12-18)10-13-6-8-19-9-7-13/h4-11H,3H2,1-2H3/b15-10+. The van der Waals surface area contributed by atoms with Crippen molar-refractivity contribution in [3.8, 4) is 17.6 Å². The number of benzene rings is 1. The molecule has 0 spiro atoms. The average Bonchev–Trinajstić information content (AvgIpc) is 2.54. The van der Waals surface area contributed by atoms with Gasteiger partial charge in [0.2, 0.25) is 0 Å². The molecule has 0 radical (unpaired) electrons. The van der Waals surface area contributed by atoms with Gasteiger partial charge in [-0.05, 0) is 54.5 Å². The Hall–Kier alpha value is -2.80. The molecular formula is C17H16N2O2. The maximum atomic E-state index is 9.38. The minimum Gasteiger partial charge on any atom is -0.493 e. The van der Waals surface area contributed by atoms with Crippen molar-refractivity contribution in [2.24, 2.45) is 0 Å². The van der Waals surface area contributed by atoms with Crippen LogP contribution in [0.25, 0.3) is 11.6 Å². The first-order valence-corrected chi connectivity index (χ1v) is 6.61. The third kappa shape index (κ3) is 3.61. The summed E-state index contributed by atoms with van der Waals surface area (Å²) in [6.45, 7) is 2.44. The number of aromatic nitrogens is 1. The van der Waals surface area contributed by atoms with Gasteiger partial charge in [0, 0.05) is 12.4 Å². The quantitative estimate of drug-likeness (QED) is 0.786. The predicted molar refractivity (Wildman–Crippen MR) is 81.9 cm³/mol. The van der Waals surface area contributed by atoms with Gasteiger partial charge in [-0.1, -0.05) is 0 Å². The van der Waals surface area contributed by atoms with E-state index in [1.165, 1.54) is 0 Å². The second-order valence-electron chi connectivity index (χ2n) is 4.25. The molecule has 0 aliphatic heterocycles. The number of rotatable bonds is 5. The van der Waals surface area contributed by atoms with E-state index in [0.717, 1.165) is 11.1 Å². The van der Waals surface area contributed by atoms with E-state index in [1.807, 2.05) is 37.3 Å². The summed E-state index contributed by atoms with van der Waals surface area (Å²) in [5.74, 6) is 1.29. The molecule has 2 aromatic rings. The van der Waals surface area contributed by atoms with E-state index >= 15 is 0 Å². The molecule has 1 aromatic heterocycles. The van der Waals surface area contributed by atoms with Gasteiger partial charge in [0.25, 0.3) is 0 Å². The first-order valence-electron chi connectivity index (χ1n) is 6.61. The molecule has 0 saturated heterocycles. The van der Waals surface area contributed by atoms with Crippen LogP contribution in [0.1, 0.15) is 18.1 Å².